The fourth-order valence-corrected chi connectivity index (χ4v) is 3.36. The number of benzene rings is 2. The second-order valence-electron chi connectivity index (χ2n) is 7.48. The van der Waals surface area contributed by atoms with E-state index in [1.807, 2.05) is 68.1 Å². The molecule has 0 bridgehead atoms. The Morgan fingerprint density at radius 2 is 1.71 bits per heavy atom. The van der Waals surface area contributed by atoms with Gasteiger partial charge >= 0.3 is 0 Å². The zero-order chi connectivity index (χ0) is 20.1. The molecule has 0 radical (unpaired) electrons. The van der Waals surface area contributed by atoms with Crippen molar-refractivity contribution < 1.29 is 14.3 Å². The van der Waals surface area contributed by atoms with Gasteiger partial charge in [-0.15, -0.1) is 0 Å². The van der Waals surface area contributed by atoms with Crippen molar-refractivity contribution in [1.29, 1.82) is 0 Å². The number of nitrogens with zero attached hydrogens (tertiary/aromatic N) is 1. The van der Waals surface area contributed by atoms with Crippen LogP contribution in [0.2, 0.25) is 0 Å². The average molecular weight is 380 g/mol. The Hall–Kier alpha value is -2.82. The van der Waals surface area contributed by atoms with Crippen molar-refractivity contribution in [2.45, 2.75) is 39.7 Å². The van der Waals surface area contributed by atoms with E-state index in [-0.39, 0.29) is 24.5 Å². The Morgan fingerprint density at radius 1 is 1.04 bits per heavy atom. The smallest absolute Gasteiger partial charge is 0.260 e. The second-order valence-corrected chi connectivity index (χ2v) is 7.48. The Labute approximate surface area is 166 Å². The third-order valence-corrected chi connectivity index (χ3v) is 5.40. The number of ether oxygens (including phenoxy) is 1. The van der Waals surface area contributed by atoms with Gasteiger partial charge in [0, 0.05) is 24.7 Å². The molecule has 1 N–H and O–H groups in total. The van der Waals surface area contributed by atoms with E-state index in [2.05, 4.69) is 5.32 Å². The maximum absolute atomic E-state index is 12.5. The van der Waals surface area contributed by atoms with Crippen molar-refractivity contribution in [2.75, 3.05) is 19.7 Å². The average Bonchev–Trinajstić information content (AvgIpc) is 2.70. The van der Waals surface area contributed by atoms with Crippen LogP contribution in [0.3, 0.4) is 0 Å². The Balaban J connectivity index is 1.45. The first-order valence-electron chi connectivity index (χ1n) is 9.78. The Kier molecular flexibility index (Phi) is 6.34. The van der Waals surface area contributed by atoms with E-state index in [1.54, 1.807) is 0 Å². The highest BCUT2D eigenvalue weighted by Gasteiger charge is 2.24. The number of carbonyl (C=O) groups is 2. The van der Waals surface area contributed by atoms with Crippen molar-refractivity contribution in [3.05, 3.63) is 64.7 Å². The number of nitrogens with one attached hydrogen (secondary N) is 1. The van der Waals surface area contributed by atoms with E-state index in [4.69, 9.17) is 4.74 Å². The molecule has 0 aromatic heterocycles. The van der Waals surface area contributed by atoms with Crippen molar-refractivity contribution in [2.24, 2.45) is 0 Å². The molecule has 1 aliphatic heterocycles. The van der Waals surface area contributed by atoms with Gasteiger partial charge in [-0.25, -0.2) is 0 Å². The second kappa shape index (κ2) is 8.91. The van der Waals surface area contributed by atoms with Crippen LogP contribution in [-0.2, 0) is 4.79 Å². The fraction of sp³-hybridized carbons (Fsp3) is 0.391. The van der Waals surface area contributed by atoms with Gasteiger partial charge in [0.05, 0.1) is 0 Å². The van der Waals surface area contributed by atoms with Gasteiger partial charge in [0.1, 0.15) is 5.75 Å². The summed E-state index contributed by atoms with van der Waals surface area (Å²) in [5.74, 6) is 0.695. The molecule has 0 unspecified atom stereocenters. The first-order chi connectivity index (χ1) is 13.4. The number of likely N-dealkylation sites (tertiary alicyclic amines) is 1. The molecule has 0 atom stereocenters. The van der Waals surface area contributed by atoms with Crippen molar-refractivity contribution in [3.63, 3.8) is 0 Å². The highest BCUT2D eigenvalue weighted by atomic mass is 16.5. The molecule has 5 nitrogen and oxygen atoms in total. The van der Waals surface area contributed by atoms with E-state index in [1.165, 1.54) is 0 Å². The minimum Gasteiger partial charge on any atom is -0.483 e. The van der Waals surface area contributed by atoms with Crippen LogP contribution < -0.4 is 10.1 Å². The summed E-state index contributed by atoms with van der Waals surface area (Å²) in [7, 11) is 0. The maximum Gasteiger partial charge on any atom is 0.260 e. The number of amides is 2. The summed E-state index contributed by atoms with van der Waals surface area (Å²) >= 11 is 0. The zero-order valence-corrected chi connectivity index (χ0v) is 16.8. The highest BCUT2D eigenvalue weighted by molar-refractivity contribution is 5.94. The molecule has 2 aromatic carbocycles. The van der Waals surface area contributed by atoms with Crippen molar-refractivity contribution in [1.82, 2.24) is 10.2 Å². The molecule has 2 amide bonds. The number of carbonyl (C=O) groups excluding carboxylic acids is 2. The number of piperidine rings is 1. The molecular weight excluding hydrogens is 352 g/mol. The van der Waals surface area contributed by atoms with Crippen LogP contribution in [0.4, 0.5) is 0 Å². The van der Waals surface area contributed by atoms with Gasteiger partial charge in [0.15, 0.2) is 6.61 Å². The molecule has 28 heavy (non-hydrogen) atoms. The van der Waals surface area contributed by atoms with E-state index >= 15 is 0 Å². The standard InChI is InChI=1S/C23H28N2O3/c1-16-7-9-19(10-8-16)23(27)24-20-11-13-25(14-12-20)22(26)15-28-21-6-4-5-17(2)18(21)3/h4-10,20H,11-15H2,1-3H3,(H,24,27). The predicted octanol–water partition coefficient (Wildman–Crippen LogP) is 3.41. The summed E-state index contributed by atoms with van der Waals surface area (Å²) < 4.78 is 5.73. The molecule has 1 heterocycles. The van der Waals surface area contributed by atoms with Crippen LogP contribution in [-0.4, -0.2) is 42.5 Å². The van der Waals surface area contributed by atoms with Gasteiger partial charge in [-0.3, -0.25) is 9.59 Å². The maximum atomic E-state index is 12.5. The van der Waals surface area contributed by atoms with E-state index in [9.17, 15) is 9.59 Å². The summed E-state index contributed by atoms with van der Waals surface area (Å²) in [6, 6.07) is 13.5. The Morgan fingerprint density at radius 3 is 2.39 bits per heavy atom. The van der Waals surface area contributed by atoms with Gasteiger partial charge in [-0.1, -0.05) is 29.8 Å². The van der Waals surface area contributed by atoms with E-state index in [0.717, 1.165) is 35.3 Å². The third kappa shape index (κ3) is 4.91. The van der Waals surface area contributed by atoms with Crippen LogP contribution in [0.5, 0.6) is 5.75 Å². The normalized spacial score (nSPS) is 14.6. The molecule has 0 saturated carbocycles. The minimum atomic E-state index is -0.0527. The van der Waals surface area contributed by atoms with Crippen LogP contribution in [0.15, 0.2) is 42.5 Å². The van der Waals surface area contributed by atoms with Gasteiger partial charge < -0.3 is 15.0 Å². The highest BCUT2D eigenvalue weighted by Crippen LogP contribution is 2.21. The first kappa shape index (κ1) is 19.9. The lowest BCUT2D eigenvalue weighted by Gasteiger charge is -2.32. The van der Waals surface area contributed by atoms with Gasteiger partial charge in [0.2, 0.25) is 0 Å². The Bertz CT molecular complexity index is 837. The zero-order valence-electron chi connectivity index (χ0n) is 16.8. The summed E-state index contributed by atoms with van der Waals surface area (Å²) in [6.07, 6.45) is 1.51. The number of rotatable bonds is 5. The molecule has 1 aliphatic rings. The molecule has 0 aliphatic carbocycles. The molecule has 3 rings (SSSR count). The lowest BCUT2D eigenvalue weighted by Crippen LogP contribution is -2.47. The molecule has 0 spiro atoms. The summed E-state index contributed by atoms with van der Waals surface area (Å²) in [4.78, 5) is 26.6. The summed E-state index contributed by atoms with van der Waals surface area (Å²) in [5.41, 5.74) is 4.01. The molecule has 5 heteroatoms. The molecule has 1 fully saturated rings. The van der Waals surface area contributed by atoms with Gasteiger partial charge in [-0.05, 0) is 62.9 Å². The fourth-order valence-electron chi connectivity index (χ4n) is 3.36. The number of aryl methyl sites for hydroxylation is 2. The number of hydrogen-bond donors (Lipinski definition) is 1. The quantitative estimate of drug-likeness (QED) is 0.865. The lowest BCUT2D eigenvalue weighted by atomic mass is 10.0. The molecule has 148 valence electrons. The van der Waals surface area contributed by atoms with Gasteiger partial charge in [-0.2, -0.15) is 0 Å². The summed E-state index contributed by atoms with van der Waals surface area (Å²) in [5, 5.41) is 3.08. The monoisotopic (exact) mass is 380 g/mol. The third-order valence-electron chi connectivity index (χ3n) is 5.40. The van der Waals surface area contributed by atoms with Gasteiger partial charge in [0.25, 0.3) is 11.8 Å². The van der Waals surface area contributed by atoms with Crippen LogP contribution in [0.25, 0.3) is 0 Å². The molecule has 1 saturated heterocycles. The summed E-state index contributed by atoms with van der Waals surface area (Å²) in [6.45, 7) is 7.34. The van der Waals surface area contributed by atoms with E-state index < -0.39 is 0 Å². The van der Waals surface area contributed by atoms with Crippen LogP contribution in [0, 0.1) is 20.8 Å². The van der Waals surface area contributed by atoms with Crippen molar-refractivity contribution in [3.8, 4) is 5.75 Å². The van der Waals surface area contributed by atoms with Crippen molar-refractivity contribution >= 4 is 11.8 Å². The van der Waals surface area contributed by atoms with E-state index in [0.29, 0.717) is 18.7 Å². The SMILES string of the molecule is Cc1ccc(C(=O)NC2CCN(C(=O)COc3cccc(C)c3C)CC2)cc1. The molecular formula is C23H28N2O3. The molecule has 2 aromatic rings. The van der Waals surface area contributed by atoms with Crippen LogP contribution >= 0.6 is 0 Å². The lowest BCUT2D eigenvalue weighted by molar-refractivity contribution is -0.134. The topological polar surface area (TPSA) is 58.6 Å². The predicted molar refractivity (Wildman–Crippen MR) is 110 cm³/mol. The largest absolute Gasteiger partial charge is 0.483 e. The minimum absolute atomic E-state index is 0.00998. The van der Waals surface area contributed by atoms with Crippen LogP contribution in [0.1, 0.15) is 39.9 Å². The number of hydrogen-bond acceptors (Lipinski definition) is 3. The first-order valence-corrected chi connectivity index (χ1v) is 9.78.